The molecule has 1 aromatic carbocycles. The smallest absolute Gasteiger partial charge is 0.224 e. The maximum atomic E-state index is 11.7. The standard InChI is InChI=1S/C14H22N2O/c1-2-3-6-9-16-14(17)10-12-7-4-5-8-13(12)11-15/h4-5,7-8H,2-3,6,9-11,15H2,1H3,(H,16,17). The topological polar surface area (TPSA) is 55.1 Å². The summed E-state index contributed by atoms with van der Waals surface area (Å²) in [7, 11) is 0. The van der Waals surface area contributed by atoms with Gasteiger partial charge in [-0.1, -0.05) is 44.0 Å². The summed E-state index contributed by atoms with van der Waals surface area (Å²) in [6, 6.07) is 7.83. The van der Waals surface area contributed by atoms with Gasteiger partial charge in [-0.2, -0.15) is 0 Å². The Bertz CT molecular complexity index is 350. The van der Waals surface area contributed by atoms with Crippen molar-refractivity contribution in [3.63, 3.8) is 0 Å². The third-order valence-electron chi connectivity index (χ3n) is 2.79. The summed E-state index contributed by atoms with van der Waals surface area (Å²) in [6.45, 7) is 3.41. The molecule has 0 aliphatic rings. The second-order valence-corrected chi connectivity index (χ2v) is 4.21. The van der Waals surface area contributed by atoms with Crippen LogP contribution in [0.5, 0.6) is 0 Å². The van der Waals surface area contributed by atoms with Gasteiger partial charge in [-0.25, -0.2) is 0 Å². The van der Waals surface area contributed by atoms with E-state index in [1.165, 1.54) is 12.8 Å². The van der Waals surface area contributed by atoms with E-state index >= 15 is 0 Å². The van der Waals surface area contributed by atoms with Crippen LogP contribution < -0.4 is 11.1 Å². The highest BCUT2D eigenvalue weighted by atomic mass is 16.1. The Morgan fingerprint density at radius 3 is 2.59 bits per heavy atom. The van der Waals surface area contributed by atoms with Crippen molar-refractivity contribution in [1.82, 2.24) is 5.32 Å². The van der Waals surface area contributed by atoms with E-state index in [1.54, 1.807) is 0 Å². The van der Waals surface area contributed by atoms with Gasteiger partial charge in [-0.15, -0.1) is 0 Å². The number of nitrogens with two attached hydrogens (primary N) is 1. The average molecular weight is 234 g/mol. The molecule has 0 aliphatic heterocycles. The third kappa shape index (κ3) is 5.00. The summed E-state index contributed by atoms with van der Waals surface area (Å²) < 4.78 is 0. The molecule has 0 saturated carbocycles. The highest BCUT2D eigenvalue weighted by Gasteiger charge is 2.05. The number of nitrogens with one attached hydrogen (secondary N) is 1. The predicted molar refractivity (Wildman–Crippen MR) is 70.6 cm³/mol. The largest absolute Gasteiger partial charge is 0.356 e. The van der Waals surface area contributed by atoms with Gasteiger partial charge in [-0.3, -0.25) is 4.79 Å². The molecule has 1 amide bonds. The van der Waals surface area contributed by atoms with Crippen LogP contribution in [0.15, 0.2) is 24.3 Å². The van der Waals surface area contributed by atoms with Crippen molar-refractivity contribution >= 4 is 5.91 Å². The molecule has 0 atom stereocenters. The first kappa shape index (κ1) is 13.7. The van der Waals surface area contributed by atoms with Crippen molar-refractivity contribution in [2.45, 2.75) is 39.2 Å². The lowest BCUT2D eigenvalue weighted by Gasteiger charge is -2.08. The van der Waals surface area contributed by atoms with Gasteiger partial charge in [0.1, 0.15) is 0 Å². The first-order valence-electron chi connectivity index (χ1n) is 6.31. The van der Waals surface area contributed by atoms with Crippen molar-refractivity contribution in [2.75, 3.05) is 6.54 Å². The van der Waals surface area contributed by atoms with Crippen molar-refractivity contribution < 1.29 is 4.79 Å². The van der Waals surface area contributed by atoms with Crippen LogP contribution in [0.4, 0.5) is 0 Å². The molecule has 1 aromatic rings. The number of unbranched alkanes of at least 4 members (excludes halogenated alkanes) is 2. The van der Waals surface area contributed by atoms with Gasteiger partial charge in [0.05, 0.1) is 6.42 Å². The van der Waals surface area contributed by atoms with Gasteiger partial charge in [0.2, 0.25) is 5.91 Å². The van der Waals surface area contributed by atoms with Crippen LogP contribution in [0.2, 0.25) is 0 Å². The first-order valence-corrected chi connectivity index (χ1v) is 6.31. The van der Waals surface area contributed by atoms with Gasteiger partial charge >= 0.3 is 0 Å². The van der Waals surface area contributed by atoms with Crippen LogP contribution in [0, 0.1) is 0 Å². The summed E-state index contributed by atoms with van der Waals surface area (Å²) >= 11 is 0. The van der Waals surface area contributed by atoms with E-state index in [0.717, 1.165) is 24.1 Å². The molecule has 0 saturated heterocycles. The highest BCUT2D eigenvalue weighted by molar-refractivity contribution is 5.78. The van der Waals surface area contributed by atoms with Crippen LogP contribution in [-0.2, 0) is 17.8 Å². The van der Waals surface area contributed by atoms with E-state index in [9.17, 15) is 4.79 Å². The number of carbonyl (C=O) groups is 1. The zero-order valence-electron chi connectivity index (χ0n) is 10.5. The van der Waals surface area contributed by atoms with Gasteiger partial charge in [-0.05, 0) is 17.5 Å². The number of hydrogen-bond acceptors (Lipinski definition) is 2. The quantitative estimate of drug-likeness (QED) is 0.709. The van der Waals surface area contributed by atoms with Crippen LogP contribution in [-0.4, -0.2) is 12.5 Å². The highest BCUT2D eigenvalue weighted by Crippen LogP contribution is 2.08. The minimum absolute atomic E-state index is 0.0852. The number of rotatable bonds is 7. The molecule has 0 bridgehead atoms. The second kappa shape index (κ2) is 7.85. The summed E-state index contributed by atoms with van der Waals surface area (Å²) in [5, 5.41) is 2.94. The second-order valence-electron chi connectivity index (χ2n) is 4.21. The minimum atomic E-state index is 0.0852. The maximum absolute atomic E-state index is 11.7. The van der Waals surface area contributed by atoms with Crippen LogP contribution in [0.25, 0.3) is 0 Å². The van der Waals surface area contributed by atoms with E-state index < -0.39 is 0 Å². The fourth-order valence-electron chi connectivity index (χ4n) is 1.77. The zero-order chi connectivity index (χ0) is 12.5. The summed E-state index contributed by atoms with van der Waals surface area (Å²) in [6.07, 6.45) is 3.83. The van der Waals surface area contributed by atoms with Crippen molar-refractivity contribution in [1.29, 1.82) is 0 Å². The molecule has 0 unspecified atom stereocenters. The number of amides is 1. The normalized spacial score (nSPS) is 10.2. The SMILES string of the molecule is CCCCCNC(=O)Cc1ccccc1CN. The third-order valence-corrected chi connectivity index (χ3v) is 2.79. The van der Waals surface area contributed by atoms with Crippen LogP contribution in [0.1, 0.15) is 37.3 Å². The molecule has 94 valence electrons. The average Bonchev–Trinajstić information content (AvgIpc) is 2.35. The van der Waals surface area contributed by atoms with Crippen LogP contribution in [0.3, 0.4) is 0 Å². The molecule has 3 nitrogen and oxygen atoms in total. The van der Waals surface area contributed by atoms with E-state index in [0.29, 0.717) is 13.0 Å². The molecule has 0 fully saturated rings. The Morgan fingerprint density at radius 2 is 1.94 bits per heavy atom. The Kier molecular flexibility index (Phi) is 6.33. The van der Waals surface area contributed by atoms with E-state index in [2.05, 4.69) is 12.2 Å². The lowest BCUT2D eigenvalue weighted by Crippen LogP contribution is -2.26. The molecule has 0 spiro atoms. The summed E-state index contributed by atoms with van der Waals surface area (Å²) in [5.74, 6) is 0.0852. The van der Waals surface area contributed by atoms with E-state index in [-0.39, 0.29) is 5.91 Å². The van der Waals surface area contributed by atoms with Gasteiger partial charge in [0.25, 0.3) is 0 Å². The molecule has 0 aromatic heterocycles. The molecule has 0 radical (unpaired) electrons. The monoisotopic (exact) mass is 234 g/mol. The van der Waals surface area contributed by atoms with Gasteiger partial charge in [0, 0.05) is 13.1 Å². The van der Waals surface area contributed by atoms with Crippen molar-refractivity contribution in [2.24, 2.45) is 5.73 Å². The molecule has 0 aliphatic carbocycles. The number of carbonyl (C=O) groups excluding carboxylic acids is 1. The molecule has 0 heterocycles. The summed E-state index contributed by atoms with van der Waals surface area (Å²) in [5.41, 5.74) is 7.72. The van der Waals surface area contributed by atoms with E-state index in [1.807, 2.05) is 24.3 Å². The fraction of sp³-hybridized carbons (Fsp3) is 0.500. The van der Waals surface area contributed by atoms with Gasteiger partial charge < -0.3 is 11.1 Å². The molecular formula is C14H22N2O. The summed E-state index contributed by atoms with van der Waals surface area (Å²) in [4.78, 5) is 11.7. The van der Waals surface area contributed by atoms with Gasteiger partial charge in [0.15, 0.2) is 0 Å². The first-order chi connectivity index (χ1) is 8.27. The molecule has 3 heteroatoms. The Hall–Kier alpha value is -1.35. The number of benzene rings is 1. The Morgan fingerprint density at radius 1 is 1.24 bits per heavy atom. The molecular weight excluding hydrogens is 212 g/mol. The number of hydrogen-bond donors (Lipinski definition) is 2. The Balaban J connectivity index is 2.39. The fourth-order valence-corrected chi connectivity index (χ4v) is 1.77. The molecule has 17 heavy (non-hydrogen) atoms. The Labute approximate surface area is 103 Å². The van der Waals surface area contributed by atoms with Crippen LogP contribution >= 0.6 is 0 Å². The molecule has 1 rings (SSSR count). The van der Waals surface area contributed by atoms with Crippen molar-refractivity contribution in [3.8, 4) is 0 Å². The van der Waals surface area contributed by atoms with Crippen molar-refractivity contribution in [3.05, 3.63) is 35.4 Å². The maximum Gasteiger partial charge on any atom is 0.224 e. The lowest BCUT2D eigenvalue weighted by molar-refractivity contribution is -0.120. The van der Waals surface area contributed by atoms with E-state index in [4.69, 9.17) is 5.73 Å². The minimum Gasteiger partial charge on any atom is -0.356 e. The predicted octanol–water partition coefficient (Wildman–Crippen LogP) is 1.99. The molecule has 3 N–H and O–H groups in total. The zero-order valence-corrected chi connectivity index (χ0v) is 10.5. The lowest BCUT2D eigenvalue weighted by atomic mass is 10.0.